The molecule has 3 saturated heterocycles. The second-order valence-corrected chi connectivity index (χ2v) is 28.7. The smallest absolute Gasteiger partial charge is 0.409 e. The molecule has 12 atom stereocenters. The van der Waals surface area contributed by atoms with Crippen LogP contribution in [0.3, 0.4) is 0 Å². The molecule has 0 radical (unpaired) electrons. The number of thiol groups is 1. The first-order valence-electron chi connectivity index (χ1n) is 31.1. The summed E-state index contributed by atoms with van der Waals surface area (Å²) in [7, 11) is 1.44. The summed E-state index contributed by atoms with van der Waals surface area (Å²) in [4.78, 5) is 144. The predicted octanol–water partition coefficient (Wildman–Crippen LogP) is 1.69. The minimum absolute atomic E-state index is 0.00142. The number of nitrogens with zero attached hydrogens (tertiary/aromatic N) is 11. The van der Waals surface area contributed by atoms with Gasteiger partial charge in [-0.2, -0.15) is 0 Å². The van der Waals surface area contributed by atoms with Crippen LogP contribution in [0.15, 0.2) is 61.7 Å². The number of amides is 8. The van der Waals surface area contributed by atoms with Crippen molar-refractivity contribution in [2.75, 3.05) is 76.3 Å². The first kappa shape index (κ1) is 75.9. The average molecular weight is 1450 g/mol. The number of esters is 1. The molecule has 98 heavy (non-hydrogen) atoms. The van der Waals surface area contributed by atoms with E-state index in [1.54, 1.807) is 26.0 Å². The number of benzene rings is 1. The Morgan fingerprint density at radius 1 is 0.806 bits per heavy atom. The first-order valence-corrected chi connectivity index (χ1v) is 36.4. The second-order valence-electron chi connectivity index (χ2n) is 23.0. The molecule has 1 aromatic carbocycles. The fraction of sp³-hybridized carbons (Fsp3) is 0.544. The molecule has 2 bridgehead atoms. The third kappa shape index (κ3) is 19.7. The number of carbonyl (C=O) groups is 8. The summed E-state index contributed by atoms with van der Waals surface area (Å²) in [6.45, 7) is 2.79. The Bertz CT molecular complexity index is 3790. The van der Waals surface area contributed by atoms with E-state index < -0.39 is 141 Å². The zero-order valence-corrected chi connectivity index (χ0v) is 57.8. The van der Waals surface area contributed by atoms with Crippen LogP contribution in [-0.2, 0) is 88.8 Å². The number of ether oxygens (including phenoxy) is 4. The van der Waals surface area contributed by atoms with Gasteiger partial charge in [-0.1, -0.05) is 59.0 Å². The second kappa shape index (κ2) is 34.2. The van der Waals surface area contributed by atoms with Crippen LogP contribution in [0.4, 0.5) is 26.9 Å². The van der Waals surface area contributed by atoms with Crippen molar-refractivity contribution in [1.29, 1.82) is 0 Å². The normalized spacial score (nSPS) is 24.5. The van der Waals surface area contributed by atoms with E-state index in [-0.39, 0.29) is 92.3 Å². The minimum Gasteiger partial charge on any atom is -0.455 e. The molecule has 2 unspecified atom stereocenters. The lowest BCUT2D eigenvalue weighted by atomic mass is 10.0. The monoisotopic (exact) mass is 1450 g/mol. The molecule has 4 aliphatic rings. The molecule has 0 saturated carbocycles. The van der Waals surface area contributed by atoms with Crippen LogP contribution in [0.25, 0.3) is 22.3 Å². The highest BCUT2D eigenvalue weighted by Crippen LogP contribution is 2.58. The van der Waals surface area contributed by atoms with Crippen molar-refractivity contribution < 1.29 is 90.0 Å². The summed E-state index contributed by atoms with van der Waals surface area (Å²) in [6.07, 6.45) is -5.64. The van der Waals surface area contributed by atoms with Crippen LogP contribution >= 0.6 is 25.8 Å². The number of rotatable bonds is 25. The molecule has 0 spiro atoms. The zero-order chi connectivity index (χ0) is 71.2. The molecule has 37 nitrogen and oxygen atoms in total. The number of urea groups is 1. The molecule has 0 aliphatic carbocycles. The minimum atomic E-state index is -4.54. The fourth-order valence-electron chi connectivity index (χ4n) is 10.6. The van der Waals surface area contributed by atoms with Crippen molar-refractivity contribution in [2.45, 2.75) is 134 Å². The van der Waals surface area contributed by atoms with Gasteiger partial charge >= 0.3 is 31.6 Å². The van der Waals surface area contributed by atoms with Gasteiger partial charge in [0.25, 0.3) is 11.8 Å². The Kier molecular flexibility index (Phi) is 26.5. The number of aromatic nitrogens is 8. The van der Waals surface area contributed by atoms with E-state index in [2.05, 4.69) is 89.1 Å². The largest absolute Gasteiger partial charge is 0.455 e. The summed E-state index contributed by atoms with van der Waals surface area (Å²) < 4.78 is 64.4. The van der Waals surface area contributed by atoms with Gasteiger partial charge in [-0.25, -0.2) is 44.1 Å². The highest BCUT2D eigenvalue weighted by atomic mass is 32.7. The fourth-order valence-corrected chi connectivity index (χ4v) is 13.5. The number of carbonyl (C=O) groups excluding carboxylic acids is 8. The number of fused-ring (bicyclic) bond motifs is 5. The Morgan fingerprint density at radius 2 is 1.41 bits per heavy atom. The maximum Gasteiger partial charge on any atom is 0.409 e. The van der Waals surface area contributed by atoms with E-state index in [1.165, 1.54) is 71.8 Å². The van der Waals surface area contributed by atoms with E-state index in [9.17, 15) is 52.9 Å². The number of nitrogen functional groups attached to an aromatic ring is 2. The number of hydrogen-bond acceptors (Lipinski definition) is 28. The first-order chi connectivity index (χ1) is 46.6. The van der Waals surface area contributed by atoms with Crippen LogP contribution in [0.1, 0.15) is 84.7 Å². The van der Waals surface area contributed by atoms with Gasteiger partial charge in [0, 0.05) is 57.4 Å². The van der Waals surface area contributed by atoms with E-state index in [0.29, 0.717) is 11.3 Å². The van der Waals surface area contributed by atoms with Gasteiger partial charge < -0.3 is 81.7 Å². The molecule has 8 heterocycles. The van der Waals surface area contributed by atoms with Crippen molar-refractivity contribution in [3.8, 4) is 0 Å². The number of primary amides is 1. The van der Waals surface area contributed by atoms with Crippen molar-refractivity contribution in [1.82, 2.24) is 69.7 Å². The van der Waals surface area contributed by atoms with Gasteiger partial charge in [-0.05, 0) is 74.3 Å². The van der Waals surface area contributed by atoms with Gasteiger partial charge in [0.05, 0.1) is 25.9 Å². The van der Waals surface area contributed by atoms with Crippen LogP contribution in [0, 0.1) is 5.92 Å². The van der Waals surface area contributed by atoms with Gasteiger partial charge in [0.2, 0.25) is 17.7 Å². The lowest BCUT2D eigenvalue weighted by Gasteiger charge is -2.28. The number of imidazole rings is 2. The molecule has 534 valence electrons. The van der Waals surface area contributed by atoms with Gasteiger partial charge in [0.15, 0.2) is 41.5 Å². The highest BCUT2D eigenvalue weighted by molar-refractivity contribution is 8.44. The van der Waals surface area contributed by atoms with Gasteiger partial charge in [0.1, 0.15) is 72.9 Å². The molecular formula is C57H80N18O19P2S2. The van der Waals surface area contributed by atoms with Gasteiger partial charge in [-0.15, -0.1) is 0 Å². The summed E-state index contributed by atoms with van der Waals surface area (Å²) in [6, 6.07) is 3.15. The maximum atomic E-state index is 14.1. The Morgan fingerprint density at radius 3 is 2.00 bits per heavy atom. The molecule has 3 fully saturated rings. The summed E-state index contributed by atoms with van der Waals surface area (Å²) in [5.41, 5.74) is 18.7. The number of nitrogens with two attached hydrogens (primary N) is 3. The van der Waals surface area contributed by atoms with Crippen molar-refractivity contribution in [3.05, 3.63) is 67.3 Å². The molecule has 4 aliphatic heterocycles. The van der Waals surface area contributed by atoms with Crippen LogP contribution < -0.4 is 38.5 Å². The average Bonchev–Trinajstić information content (AvgIpc) is 1.61. The molecule has 9 rings (SSSR count). The number of imide groups is 1. The lowest BCUT2D eigenvalue weighted by Crippen LogP contribution is -2.54. The molecule has 4 aromatic heterocycles. The topological polar surface area (TPSA) is 491 Å². The van der Waals surface area contributed by atoms with Crippen molar-refractivity contribution in [2.24, 2.45) is 11.7 Å². The van der Waals surface area contributed by atoms with Crippen LogP contribution in [0.5, 0.6) is 0 Å². The maximum absolute atomic E-state index is 14.1. The van der Waals surface area contributed by atoms with E-state index in [1.807, 2.05) is 0 Å². The molecule has 41 heteroatoms. The van der Waals surface area contributed by atoms with Crippen molar-refractivity contribution >= 4 is 125 Å². The number of aliphatic hydroxyl groups is 1. The van der Waals surface area contributed by atoms with Crippen molar-refractivity contribution in [3.63, 3.8) is 0 Å². The molecule has 5 aromatic rings. The standard InChI is InChI=1S/C51H65N17O19P2S2.C6H15N/c1-25(2)35(64-31(69)14-17-66-32(70)12-13-33(66)71)47(75)63-28(6-4-15-55-50(54)76)46(74)62-27-10-8-26(9-11-27)18-80-51(77)65(3)16-5-7-34(72)85-41-39-30(84-49(41)68-24-61-37-43(53)57-22-59-45(37)68)20-82-89(79,91)87-40-38(73)29(19-81-88(78,90)86-39)83-48(40)67-23-60-36-42(52)56-21-58-44(36)67;1-4-7(5-2)6-3/h8-13,21-25,28-30,35,38-41,48-49,73H,4-7,14-20H2,1-3H3,(H,62,74)(H,63,75)(H,64,69)(H,78,90)(H,79,91)(H2,52,56,58)(H2,53,57,59)(H3,54,55,76);4-6H2,1-3H3/t28-,29+,30+,35-,38+,39+,40+,41+,48+,49+,88?,89?;/m0./s1. The molecular weight excluding hydrogens is 1370 g/mol. The zero-order valence-electron chi connectivity index (χ0n) is 54.3. The molecule has 8 amide bonds. The quantitative estimate of drug-likeness (QED) is 0.0131. The van der Waals surface area contributed by atoms with E-state index in [0.717, 1.165) is 23.4 Å². The number of aliphatic hydroxyl groups excluding tert-OH is 1. The number of anilines is 3. The predicted molar refractivity (Wildman–Crippen MR) is 355 cm³/mol. The Balaban J connectivity index is 0.00000166. The van der Waals surface area contributed by atoms with Gasteiger partial charge in [-0.3, -0.25) is 56.4 Å². The third-order valence-corrected chi connectivity index (χ3v) is 19.1. The van der Waals surface area contributed by atoms with E-state index >= 15 is 0 Å². The summed E-state index contributed by atoms with van der Waals surface area (Å²) in [5, 5.41) is 22.0. The summed E-state index contributed by atoms with van der Waals surface area (Å²) >= 11 is 9.70. The Hall–Kier alpha value is -7.91. The van der Waals surface area contributed by atoms with Crippen LogP contribution in [-0.4, -0.2) is 220 Å². The Labute approximate surface area is 571 Å². The summed E-state index contributed by atoms with van der Waals surface area (Å²) in [5.74, 6) is -4.35. The third-order valence-electron chi connectivity index (χ3n) is 15.9. The highest BCUT2D eigenvalue weighted by Gasteiger charge is 2.55. The van der Waals surface area contributed by atoms with Crippen LogP contribution in [0.2, 0.25) is 0 Å². The number of hydrogen-bond donors (Lipinski definition) is 10. The molecule has 12 N–H and O–H groups in total. The lowest BCUT2D eigenvalue weighted by molar-refractivity contribution is -0.158. The number of nitrogens with one attached hydrogen (secondary N) is 4. The SMILES string of the molecule is CC(C)[C@H](NC(=O)CCN1C(=O)C=CC1=O)C(=O)N[C@@H](CCCNC(N)=O)C(=O)Nc1ccc(COC(=O)N(C)CCCC(=O)O[C@@H]2[C@@H]3OP(O)(=S)OC[C@H]4O[C@@H](n5cnc6c(N)ncnc65)[C@H](OP(=O)(S)OC[C@H]3O[C@H]2n2cnc3c(N)ncnc32)[C@@H]4O)cc1.CCN(CC)CC. The van der Waals surface area contributed by atoms with E-state index in [4.69, 9.17) is 66.1 Å².